The third-order valence-electron chi connectivity index (χ3n) is 4.58. The fraction of sp³-hybridized carbons (Fsp3) is 0.882. The summed E-state index contributed by atoms with van der Waals surface area (Å²) < 4.78 is 0. The molecule has 0 amide bonds. The van der Waals surface area contributed by atoms with Crippen LogP contribution in [0.2, 0.25) is 0 Å². The van der Waals surface area contributed by atoms with Crippen LogP contribution in [0.15, 0.2) is 12.2 Å². The fourth-order valence-corrected chi connectivity index (χ4v) is 4.25. The molecule has 21 heavy (non-hydrogen) atoms. The van der Waals surface area contributed by atoms with E-state index in [-0.39, 0.29) is 0 Å². The molecule has 0 nitrogen and oxygen atoms in total. The number of hydrogen-bond acceptors (Lipinski definition) is 3. The topological polar surface area (TPSA) is 0 Å². The Bertz CT molecular complexity index is 296. The molecule has 4 heteroatoms. The molecule has 5 atom stereocenters. The van der Waals surface area contributed by atoms with Gasteiger partial charge in [0.1, 0.15) is 0 Å². The van der Waals surface area contributed by atoms with Crippen molar-refractivity contribution >= 4 is 47.1 Å². The van der Waals surface area contributed by atoms with Gasteiger partial charge in [-0.2, -0.15) is 37.9 Å². The smallest absolute Gasteiger partial charge is 0.00281 e. The minimum atomic E-state index is 0.349. The summed E-state index contributed by atoms with van der Waals surface area (Å²) in [7, 11) is 2.93. The highest BCUT2D eigenvalue weighted by molar-refractivity contribution is 7.81. The van der Waals surface area contributed by atoms with Crippen molar-refractivity contribution in [2.24, 2.45) is 11.3 Å². The second-order valence-corrected chi connectivity index (χ2v) is 8.83. The van der Waals surface area contributed by atoms with E-state index >= 15 is 0 Å². The van der Waals surface area contributed by atoms with Crippen LogP contribution in [0.25, 0.3) is 0 Å². The summed E-state index contributed by atoms with van der Waals surface area (Å²) in [4.78, 5) is 0. The molecule has 0 aliphatic rings. The molecule has 0 spiro atoms. The second kappa shape index (κ2) is 11.7. The number of hydrogen-bond donors (Lipinski definition) is 3. The van der Waals surface area contributed by atoms with E-state index in [1.54, 1.807) is 0 Å². The summed E-state index contributed by atoms with van der Waals surface area (Å²) in [5, 5.41) is 0.959. The summed E-state index contributed by atoms with van der Waals surface area (Å²) in [5.41, 5.74) is 1.67. The molecule has 0 aliphatic carbocycles. The molecule has 0 N–H and O–H groups in total. The molecule has 0 saturated heterocycles. The van der Waals surface area contributed by atoms with Crippen LogP contribution in [0.1, 0.15) is 59.3 Å². The first-order valence-corrected chi connectivity index (χ1v) is 10.6. The van der Waals surface area contributed by atoms with Crippen LogP contribution in [0.5, 0.6) is 0 Å². The third kappa shape index (κ3) is 9.18. The Labute approximate surface area is 152 Å². The molecule has 0 saturated carbocycles. The quantitative estimate of drug-likeness (QED) is 0.212. The first-order chi connectivity index (χ1) is 9.81. The average molecular weight is 367 g/mol. The largest absolute Gasteiger partial charge is 0.179 e. The highest BCUT2D eigenvalue weighted by Crippen LogP contribution is 2.36. The van der Waals surface area contributed by atoms with Gasteiger partial charge in [0.2, 0.25) is 0 Å². The highest BCUT2D eigenvalue weighted by Gasteiger charge is 2.27. The second-order valence-electron chi connectivity index (χ2n) is 6.60. The summed E-state index contributed by atoms with van der Waals surface area (Å²) in [6.45, 7) is 11.0. The molecule has 0 aromatic carbocycles. The predicted octanol–water partition coefficient (Wildman–Crippen LogP) is 5.95. The van der Waals surface area contributed by atoms with Crippen molar-refractivity contribution in [1.29, 1.82) is 0 Å². The molecule has 0 fully saturated rings. The van der Waals surface area contributed by atoms with E-state index in [1.165, 1.54) is 18.4 Å². The Morgan fingerprint density at radius 1 is 1.24 bits per heavy atom. The Morgan fingerprint density at radius 2 is 1.86 bits per heavy atom. The maximum Gasteiger partial charge on any atom is 0.00281 e. The Morgan fingerprint density at radius 3 is 2.29 bits per heavy atom. The molecule has 0 radical (unpaired) electrons. The number of allylic oxidation sites excluding steroid dienone is 1. The van der Waals surface area contributed by atoms with Gasteiger partial charge >= 0.3 is 0 Å². The predicted molar refractivity (Wildman–Crippen MR) is 114 cm³/mol. The van der Waals surface area contributed by atoms with Crippen LogP contribution in [-0.2, 0) is 0 Å². The van der Waals surface area contributed by atoms with Gasteiger partial charge in [0.15, 0.2) is 0 Å². The zero-order chi connectivity index (χ0) is 16.5. The molecular weight excluding hydrogens is 331 g/mol. The van der Waals surface area contributed by atoms with E-state index in [0.717, 1.165) is 37.6 Å². The van der Waals surface area contributed by atoms with Crippen molar-refractivity contribution in [3.63, 3.8) is 0 Å². The van der Waals surface area contributed by atoms with Crippen LogP contribution in [0.3, 0.4) is 0 Å². The minimum absolute atomic E-state index is 0.349. The Balaban J connectivity index is 4.47. The SMILES string of the molecule is C=C(CC)C(CS)CC(S)CC(C)(CP)CCC(S)CC. The Kier molecular flexibility index (Phi) is 12.4. The van der Waals surface area contributed by atoms with Gasteiger partial charge in [-0.15, -0.1) is 9.24 Å². The van der Waals surface area contributed by atoms with E-state index < -0.39 is 0 Å². The minimum Gasteiger partial charge on any atom is -0.179 e. The monoisotopic (exact) mass is 366 g/mol. The van der Waals surface area contributed by atoms with E-state index in [0.29, 0.717) is 21.8 Å². The van der Waals surface area contributed by atoms with Gasteiger partial charge in [0, 0.05) is 10.5 Å². The summed E-state index contributed by atoms with van der Waals surface area (Å²) in [6.07, 6.45) is 8.01. The molecular formula is C17H35PS3. The molecule has 0 heterocycles. The lowest BCUT2D eigenvalue weighted by Crippen LogP contribution is -2.26. The van der Waals surface area contributed by atoms with Crippen LogP contribution in [0.4, 0.5) is 0 Å². The van der Waals surface area contributed by atoms with E-state index in [2.05, 4.69) is 61.8 Å². The normalized spacial score (nSPS) is 18.8. The van der Waals surface area contributed by atoms with E-state index in [4.69, 9.17) is 12.6 Å². The van der Waals surface area contributed by atoms with Crippen LogP contribution in [-0.4, -0.2) is 22.4 Å². The van der Waals surface area contributed by atoms with Gasteiger partial charge in [-0.3, -0.25) is 0 Å². The summed E-state index contributed by atoms with van der Waals surface area (Å²) in [6, 6.07) is 0. The van der Waals surface area contributed by atoms with Gasteiger partial charge < -0.3 is 0 Å². The first-order valence-electron chi connectivity index (χ1n) is 8.16. The van der Waals surface area contributed by atoms with Gasteiger partial charge in [0.25, 0.3) is 0 Å². The number of rotatable bonds is 12. The van der Waals surface area contributed by atoms with Crippen molar-refractivity contribution in [1.82, 2.24) is 0 Å². The molecule has 0 aliphatic heterocycles. The third-order valence-corrected chi connectivity index (χ3v) is 7.03. The lowest BCUT2D eigenvalue weighted by molar-refractivity contribution is 0.294. The van der Waals surface area contributed by atoms with Crippen molar-refractivity contribution in [3.05, 3.63) is 12.2 Å². The summed E-state index contributed by atoms with van der Waals surface area (Å²) >= 11 is 14.0. The summed E-state index contributed by atoms with van der Waals surface area (Å²) in [5.74, 6) is 1.39. The van der Waals surface area contributed by atoms with Gasteiger partial charge in [-0.05, 0) is 61.8 Å². The average Bonchev–Trinajstić information content (AvgIpc) is 2.49. The molecule has 0 aromatic rings. The van der Waals surface area contributed by atoms with Crippen molar-refractivity contribution in [2.45, 2.75) is 69.8 Å². The molecule has 0 aromatic heterocycles. The van der Waals surface area contributed by atoms with Crippen LogP contribution < -0.4 is 0 Å². The first kappa shape index (κ1) is 22.2. The lowest BCUT2D eigenvalue weighted by atomic mass is 9.80. The van der Waals surface area contributed by atoms with E-state index in [9.17, 15) is 0 Å². The maximum atomic E-state index is 4.87. The molecule has 126 valence electrons. The molecule has 0 bridgehead atoms. The van der Waals surface area contributed by atoms with Crippen molar-refractivity contribution in [3.8, 4) is 0 Å². The zero-order valence-electron chi connectivity index (χ0n) is 14.0. The van der Waals surface area contributed by atoms with Crippen LogP contribution in [0, 0.1) is 11.3 Å². The Hall–Kier alpha value is 1.22. The lowest BCUT2D eigenvalue weighted by Gasteiger charge is -2.33. The van der Waals surface area contributed by atoms with E-state index in [1.807, 2.05) is 0 Å². The van der Waals surface area contributed by atoms with Crippen LogP contribution >= 0.6 is 47.1 Å². The molecule has 5 unspecified atom stereocenters. The van der Waals surface area contributed by atoms with Gasteiger partial charge in [0.05, 0.1) is 0 Å². The van der Waals surface area contributed by atoms with Gasteiger partial charge in [-0.25, -0.2) is 0 Å². The zero-order valence-corrected chi connectivity index (χ0v) is 17.9. The molecule has 0 rings (SSSR count). The maximum absolute atomic E-state index is 4.87. The van der Waals surface area contributed by atoms with Gasteiger partial charge in [-0.1, -0.05) is 32.9 Å². The number of thiol groups is 3. The fourth-order valence-electron chi connectivity index (χ4n) is 2.65. The standard InChI is InChI=1S/C17H35PS3/c1-5-13(3)14(11-19)9-16(21)10-17(4,12-18)8-7-15(20)6-2/h14-16,19-21H,3,5-12,18H2,1-2,4H3. The van der Waals surface area contributed by atoms with Crippen molar-refractivity contribution < 1.29 is 0 Å². The highest BCUT2D eigenvalue weighted by atomic mass is 32.1. The van der Waals surface area contributed by atoms with Crippen molar-refractivity contribution in [2.75, 3.05) is 11.9 Å².